The highest BCUT2D eigenvalue weighted by molar-refractivity contribution is 5.41. The molecular formula is C14H19N3O. The van der Waals surface area contributed by atoms with Crippen molar-refractivity contribution in [1.29, 1.82) is 0 Å². The molecule has 4 nitrogen and oxygen atoms in total. The lowest BCUT2D eigenvalue weighted by Crippen LogP contribution is -2.09. The highest BCUT2D eigenvalue weighted by Gasteiger charge is 2.01. The number of imidazole rings is 1. The summed E-state index contributed by atoms with van der Waals surface area (Å²) in [5.74, 6) is 0.848. The van der Waals surface area contributed by atoms with E-state index in [4.69, 9.17) is 10.5 Å². The average Bonchev–Trinajstić information content (AvgIpc) is 2.80. The minimum Gasteiger partial charge on any atom is -0.492 e. The van der Waals surface area contributed by atoms with Crippen molar-refractivity contribution in [2.75, 3.05) is 12.3 Å². The summed E-state index contributed by atoms with van der Waals surface area (Å²) in [7, 11) is 0. The van der Waals surface area contributed by atoms with Gasteiger partial charge in [0.15, 0.2) is 0 Å². The first-order valence-electron chi connectivity index (χ1n) is 6.27. The number of ether oxygens (including phenoxy) is 1. The third kappa shape index (κ3) is 3.26. The topological polar surface area (TPSA) is 53.1 Å². The van der Waals surface area contributed by atoms with Gasteiger partial charge in [0.1, 0.15) is 12.4 Å². The van der Waals surface area contributed by atoms with E-state index < -0.39 is 0 Å². The number of aromatic nitrogens is 2. The Balaban J connectivity index is 1.84. The van der Waals surface area contributed by atoms with Crippen LogP contribution in [0.3, 0.4) is 0 Å². The van der Waals surface area contributed by atoms with Gasteiger partial charge in [-0.25, -0.2) is 4.98 Å². The fourth-order valence-corrected chi connectivity index (χ4v) is 1.84. The number of benzene rings is 1. The molecule has 2 rings (SSSR count). The lowest BCUT2D eigenvalue weighted by atomic mass is 10.3. The minimum absolute atomic E-state index is 0.636. The van der Waals surface area contributed by atoms with E-state index in [0.29, 0.717) is 6.61 Å². The van der Waals surface area contributed by atoms with E-state index >= 15 is 0 Å². The van der Waals surface area contributed by atoms with Crippen LogP contribution in [0.25, 0.3) is 0 Å². The maximum Gasteiger partial charge on any atom is 0.119 e. The highest BCUT2D eigenvalue weighted by Crippen LogP contribution is 2.13. The summed E-state index contributed by atoms with van der Waals surface area (Å²) >= 11 is 0. The molecule has 0 saturated heterocycles. The Morgan fingerprint density at radius 3 is 2.78 bits per heavy atom. The lowest BCUT2D eigenvalue weighted by Gasteiger charge is -2.09. The number of anilines is 1. The van der Waals surface area contributed by atoms with E-state index in [9.17, 15) is 0 Å². The Hall–Kier alpha value is -1.97. The van der Waals surface area contributed by atoms with Gasteiger partial charge in [-0.2, -0.15) is 0 Å². The second-order valence-corrected chi connectivity index (χ2v) is 4.25. The van der Waals surface area contributed by atoms with Crippen LogP contribution in [0.4, 0.5) is 5.69 Å². The number of aryl methyl sites for hydroxylation is 1. The van der Waals surface area contributed by atoms with Gasteiger partial charge in [-0.3, -0.25) is 0 Å². The van der Waals surface area contributed by atoms with Gasteiger partial charge in [0.2, 0.25) is 0 Å². The third-order valence-electron chi connectivity index (χ3n) is 2.79. The van der Waals surface area contributed by atoms with Crippen molar-refractivity contribution < 1.29 is 4.74 Å². The van der Waals surface area contributed by atoms with Crippen molar-refractivity contribution in [2.45, 2.75) is 26.3 Å². The smallest absolute Gasteiger partial charge is 0.119 e. The van der Waals surface area contributed by atoms with Crippen LogP contribution in [0.1, 0.15) is 19.0 Å². The summed E-state index contributed by atoms with van der Waals surface area (Å²) in [5, 5.41) is 0. The van der Waals surface area contributed by atoms with E-state index in [1.165, 1.54) is 5.69 Å². The molecule has 0 spiro atoms. The van der Waals surface area contributed by atoms with Crippen molar-refractivity contribution in [3.05, 3.63) is 42.5 Å². The molecular weight excluding hydrogens is 226 g/mol. The fourth-order valence-electron chi connectivity index (χ4n) is 1.84. The quantitative estimate of drug-likeness (QED) is 0.795. The van der Waals surface area contributed by atoms with Crippen LogP contribution in [0, 0.1) is 0 Å². The van der Waals surface area contributed by atoms with Crippen molar-refractivity contribution in [3.63, 3.8) is 0 Å². The zero-order valence-corrected chi connectivity index (χ0v) is 10.7. The van der Waals surface area contributed by atoms with E-state index in [1.54, 1.807) is 0 Å². The summed E-state index contributed by atoms with van der Waals surface area (Å²) in [5.41, 5.74) is 7.63. The number of nitrogens with two attached hydrogens (primary N) is 1. The number of rotatable bonds is 6. The first kappa shape index (κ1) is 12.5. The number of hydrogen-bond acceptors (Lipinski definition) is 3. The Bertz CT molecular complexity index is 476. The maximum absolute atomic E-state index is 5.66. The third-order valence-corrected chi connectivity index (χ3v) is 2.79. The SMILES string of the molecule is CCCc1cncn1CCOc1ccc(N)cc1. The first-order valence-corrected chi connectivity index (χ1v) is 6.27. The van der Waals surface area contributed by atoms with Gasteiger partial charge in [-0.1, -0.05) is 13.3 Å². The fraction of sp³-hybridized carbons (Fsp3) is 0.357. The normalized spacial score (nSPS) is 10.5. The van der Waals surface area contributed by atoms with Gasteiger partial charge in [-0.15, -0.1) is 0 Å². The molecule has 4 heteroatoms. The predicted molar refractivity (Wildman–Crippen MR) is 72.6 cm³/mol. The maximum atomic E-state index is 5.66. The number of nitrogen functional groups attached to an aromatic ring is 1. The molecule has 1 aromatic carbocycles. The summed E-state index contributed by atoms with van der Waals surface area (Å²) in [6.07, 6.45) is 5.97. The van der Waals surface area contributed by atoms with Crippen molar-refractivity contribution >= 4 is 5.69 Å². The lowest BCUT2D eigenvalue weighted by molar-refractivity contribution is 0.296. The Morgan fingerprint density at radius 2 is 2.06 bits per heavy atom. The molecule has 0 aliphatic carbocycles. The van der Waals surface area contributed by atoms with Crippen molar-refractivity contribution in [1.82, 2.24) is 9.55 Å². The van der Waals surface area contributed by atoms with Crippen LogP contribution in [-0.4, -0.2) is 16.2 Å². The molecule has 1 aromatic heterocycles. The molecule has 1 heterocycles. The molecule has 0 fully saturated rings. The van der Waals surface area contributed by atoms with E-state index in [1.807, 2.05) is 36.8 Å². The molecule has 0 radical (unpaired) electrons. The second-order valence-electron chi connectivity index (χ2n) is 4.25. The standard InChI is InChI=1S/C14H19N3O/c1-2-3-13-10-16-11-17(13)8-9-18-14-6-4-12(15)5-7-14/h4-7,10-11H,2-3,8-9,15H2,1H3. The zero-order chi connectivity index (χ0) is 12.8. The number of hydrogen-bond donors (Lipinski definition) is 1. The van der Waals surface area contributed by atoms with E-state index in [2.05, 4.69) is 16.5 Å². The van der Waals surface area contributed by atoms with Gasteiger partial charge >= 0.3 is 0 Å². The molecule has 0 amide bonds. The van der Waals surface area contributed by atoms with Crippen molar-refractivity contribution in [3.8, 4) is 5.75 Å². The highest BCUT2D eigenvalue weighted by atomic mass is 16.5. The monoisotopic (exact) mass is 245 g/mol. The molecule has 0 unspecified atom stereocenters. The molecule has 0 aliphatic rings. The molecule has 0 atom stereocenters. The average molecular weight is 245 g/mol. The zero-order valence-electron chi connectivity index (χ0n) is 10.7. The summed E-state index contributed by atoms with van der Waals surface area (Å²) < 4.78 is 7.80. The Labute approximate surface area is 107 Å². The summed E-state index contributed by atoms with van der Waals surface area (Å²) in [4.78, 5) is 4.17. The van der Waals surface area contributed by atoms with Crippen LogP contribution in [0.5, 0.6) is 5.75 Å². The van der Waals surface area contributed by atoms with Crippen LogP contribution in [0.2, 0.25) is 0 Å². The van der Waals surface area contributed by atoms with Gasteiger partial charge < -0.3 is 15.0 Å². The van der Waals surface area contributed by atoms with Crippen molar-refractivity contribution in [2.24, 2.45) is 0 Å². The molecule has 0 saturated carbocycles. The van der Waals surface area contributed by atoms with Crippen LogP contribution in [-0.2, 0) is 13.0 Å². The van der Waals surface area contributed by atoms with Gasteiger partial charge in [0.25, 0.3) is 0 Å². The molecule has 0 aliphatic heterocycles. The van der Waals surface area contributed by atoms with Crippen LogP contribution in [0.15, 0.2) is 36.8 Å². The Kier molecular flexibility index (Phi) is 4.23. The van der Waals surface area contributed by atoms with Crippen LogP contribution >= 0.6 is 0 Å². The molecule has 2 N–H and O–H groups in total. The van der Waals surface area contributed by atoms with Gasteiger partial charge in [0.05, 0.1) is 12.9 Å². The van der Waals surface area contributed by atoms with E-state index in [0.717, 1.165) is 30.8 Å². The molecule has 96 valence electrons. The minimum atomic E-state index is 0.636. The second kappa shape index (κ2) is 6.10. The predicted octanol–water partition coefficient (Wildman–Crippen LogP) is 2.50. The first-order chi connectivity index (χ1) is 8.79. The molecule has 18 heavy (non-hydrogen) atoms. The van der Waals surface area contributed by atoms with Gasteiger partial charge in [0, 0.05) is 17.6 Å². The molecule has 2 aromatic rings. The summed E-state index contributed by atoms with van der Waals surface area (Å²) in [6.45, 7) is 3.62. The number of nitrogens with zero attached hydrogens (tertiary/aromatic N) is 2. The van der Waals surface area contributed by atoms with Crippen LogP contribution < -0.4 is 10.5 Å². The Morgan fingerprint density at radius 1 is 1.28 bits per heavy atom. The largest absolute Gasteiger partial charge is 0.492 e. The molecule has 0 bridgehead atoms. The summed E-state index contributed by atoms with van der Waals surface area (Å²) in [6, 6.07) is 7.45. The van der Waals surface area contributed by atoms with E-state index in [-0.39, 0.29) is 0 Å². The van der Waals surface area contributed by atoms with Gasteiger partial charge in [-0.05, 0) is 30.7 Å².